The maximum Gasteiger partial charge on any atom is 0.336 e. The summed E-state index contributed by atoms with van der Waals surface area (Å²) in [6.45, 7) is 0. The van der Waals surface area contributed by atoms with Crippen molar-refractivity contribution in [2.45, 2.75) is 0 Å². The number of benzene rings is 4. The molecule has 6 aromatic rings. The van der Waals surface area contributed by atoms with E-state index in [1.54, 1.807) is 19.4 Å². The van der Waals surface area contributed by atoms with E-state index in [0.717, 1.165) is 38.8 Å². The van der Waals surface area contributed by atoms with E-state index >= 15 is 0 Å². The zero-order chi connectivity index (χ0) is 21.7. The monoisotopic (exact) mass is 418 g/mol. The Bertz CT molecular complexity index is 1670. The first kappa shape index (κ1) is 18.5. The van der Waals surface area contributed by atoms with Gasteiger partial charge in [0.25, 0.3) is 0 Å². The van der Waals surface area contributed by atoms with E-state index in [1.165, 1.54) is 16.8 Å². The first-order chi connectivity index (χ1) is 15.7. The second kappa shape index (κ2) is 7.13. The van der Waals surface area contributed by atoms with Crippen molar-refractivity contribution in [2.24, 2.45) is 0 Å². The fourth-order valence-corrected chi connectivity index (χ4v) is 4.27. The van der Waals surface area contributed by atoms with Crippen LogP contribution in [0, 0.1) is 0 Å². The standard InChI is InChI=1S/C28H18O4/c1-30-21-10-8-18(9-11-21)22-14-28(29)32-27-15-26-24(13-23(22)27)25(16-31-26)20-7-6-17-4-2-3-5-19(17)12-20/h2-16H,1H3. The van der Waals surface area contributed by atoms with Crippen LogP contribution < -0.4 is 10.4 Å². The molecule has 0 saturated heterocycles. The second-order valence-corrected chi connectivity index (χ2v) is 7.76. The van der Waals surface area contributed by atoms with Crippen LogP contribution in [-0.2, 0) is 0 Å². The lowest BCUT2D eigenvalue weighted by molar-refractivity contribution is 0.415. The van der Waals surface area contributed by atoms with Gasteiger partial charge in [0.15, 0.2) is 0 Å². The van der Waals surface area contributed by atoms with E-state index in [1.807, 2.05) is 42.5 Å². The van der Waals surface area contributed by atoms with Crippen LogP contribution in [0.3, 0.4) is 0 Å². The summed E-state index contributed by atoms with van der Waals surface area (Å²) in [4.78, 5) is 12.3. The van der Waals surface area contributed by atoms with Crippen LogP contribution >= 0.6 is 0 Å². The molecule has 154 valence electrons. The minimum atomic E-state index is -0.399. The average Bonchev–Trinajstić information content (AvgIpc) is 3.24. The van der Waals surface area contributed by atoms with E-state index in [4.69, 9.17) is 13.6 Å². The lowest BCUT2D eigenvalue weighted by Gasteiger charge is -2.08. The van der Waals surface area contributed by atoms with Crippen LogP contribution in [-0.4, -0.2) is 7.11 Å². The van der Waals surface area contributed by atoms with Crippen LogP contribution in [0.4, 0.5) is 0 Å². The van der Waals surface area contributed by atoms with Crippen LogP contribution in [0.5, 0.6) is 5.75 Å². The summed E-state index contributed by atoms with van der Waals surface area (Å²) in [6.07, 6.45) is 1.76. The summed E-state index contributed by atoms with van der Waals surface area (Å²) in [5, 5.41) is 4.19. The van der Waals surface area contributed by atoms with Crippen molar-refractivity contribution in [1.82, 2.24) is 0 Å². The molecule has 2 aromatic heterocycles. The van der Waals surface area contributed by atoms with E-state index < -0.39 is 5.63 Å². The van der Waals surface area contributed by atoms with Gasteiger partial charge in [-0.2, -0.15) is 0 Å². The van der Waals surface area contributed by atoms with Gasteiger partial charge in [-0.3, -0.25) is 0 Å². The van der Waals surface area contributed by atoms with Gasteiger partial charge in [0.2, 0.25) is 0 Å². The van der Waals surface area contributed by atoms with Crippen LogP contribution in [0.25, 0.3) is 55.0 Å². The lowest BCUT2D eigenvalue weighted by atomic mass is 9.97. The predicted octanol–water partition coefficient (Wildman–Crippen LogP) is 7.04. The van der Waals surface area contributed by atoms with Gasteiger partial charge in [-0.25, -0.2) is 4.79 Å². The van der Waals surface area contributed by atoms with Gasteiger partial charge in [0.1, 0.15) is 16.9 Å². The lowest BCUT2D eigenvalue weighted by Crippen LogP contribution is -1.98. The fourth-order valence-electron chi connectivity index (χ4n) is 4.27. The number of hydrogen-bond donors (Lipinski definition) is 0. The zero-order valence-electron chi connectivity index (χ0n) is 17.3. The largest absolute Gasteiger partial charge is 0.497 e. The van der Waals surface area contributed by atoms with Crippen molar-refractivity contribution in [3.63, 3.8) is 0 Å². The van der Waals surface area contributed by atoms with Crippen molar-refractivity contribution in [1.29, 1.82) is 0 Å². The Labute approximate surface area is 183 Å². The molecule has 0 aliphatic rings. The highest BCUT2D eigenvalue weighted by molar-refractivity contribution is 6.06. The molecule has 0 bridgehead atoms. The van der Waals surface area contributed by atoms with Crippen LogP contribution in [0.1, 0.15) is 0 Å². The third kappa shape index (κ3) is 2.96. The van der Waals surface area contributed by atoms with Gasteiger partial charge < -0.3 is 13.6 Å². The number of ether oxygens (including phenoxy) is 1. The smallest absolute Gasteiger partial charge is 0.336 e. The summed E-state index contributed by atoms with van der Waals surface area (Å²) in [5.41, 5.74) is 4.57. The molecule has 0 spiro atoms. The number of methoxy groups -OCH3 is 1. The Morgan fingerprint density at radius 2 is 1.44 bits per heavy atom. The molecule has 0 radical (unpaired) electrons. The Balaban J connectivity index is 1.59. The number of hydrogen-bond acceptors (Lipinski definition) is 4. The first-order valence-electron chi connectivity index (χ1n) is 10.3. The number of furan rings is 1. The van der Waals surface area contributed by atoms with Gasteiger partial charge >= 0.3 is 5.63 Å². The minimum absolute atomic E-state index is 0.399. The van der Waals surface area contributed by atoms with E-state index in [2.05, 4.69) is 30.3 Å². The topological polar surface area (TPSA) is 52.6 Å². The first-order valence-corrected chi connectivity index (χ1v) is 10.3. The molecule has 6 rings (SSSR count). The Morgan fingerprint density at radius 1 is 0.688 bits per heavy atom. The molecular formula is C28H18O4. The van der Waals surface area contributed by atoms with Gasteiger partial charge in [0.05, 0.1) is 13.4 Å². The molecule has 4 heteroatoms. The number of fused-ring (bicyclic) bond motifs is 3. The summed E-state index contributed by atoms with van der Waals surface area (Å²) >= 11 is 0. The Hall–Kier alpha value is -4.31. The van der Waals surface area contributed by atoms with Crippen molar-refractivity contribution in [2.75, 3.05) is 7.11 Å². The van der Waals surface area contributed by atoms with Gasteiger partial charge in [0, 0.05) is 28.5 Å². The highest BCUT2D eigenvalue weighted by Crippen LogP contribution is 2.37. The van der Waals surface area contributed by atoms with Crippen LogP contribution in [0.15, 0.2) is 105 Å². The molecule has 4 aromatic carbocycles. The quantitative estimate of drug-likeness (QED) is 0.289. The highest BCUT2D eigenvalue weighted by Gasteiger charge is 2.15. The normalized spacial score (nSPS) is 11.4. The van der Waals surface area contributed by atoms with Gasteiger partial charge in [-0.1, -0.05) is 48.5 Å². The van der Waals surface area contributed by atoms with Crippen molar-refractivity contribution < 1.29 is 13.6 Å². The molecular weight excluding hydrogens is 400 g/mol. The molecule has 2 heterocycles. The molecule has 0 saturated carbocycles. The highest BCUT2D eigenvalue weighted by atomic mass is 16.5. The molecule has 0 fully saturated rings. The zero-order valence-corrected chi connectivity index (χ0v) is 17.3. The average molecular weight is 418 g/mol. The Kier molecular flexibility index (Phi) is 4.12. The van der Waals surface area contributed by atoms with E-state index in [9.17, 15) is 4.79 Å². The SMILES string of the molecule is COc1ccc(-c2cc(=O)oc3cc4occ(-c5ccc6ccccc6c5)c4cc23)cc1. The van der Waals surface area contributed by atoms with Gasteiger partial charge in [-0.15, -0.1) is 0 Å². The molecule has 4 nitrogen and oxygen atoms in total. The van der Waals surface area contributed by atoms with Crippen molar-refractivity contribution in [3.8, 4) is 28.0 Å². The summed E-state index contributed by atoms with van der Waals surface area (Å²) in [6, 6.07) is 27.7. The molecule has 0 atom stereocenters. The molecule has 32 heavy (non-hydrogen) atoms. The van der Waals surface area contributed by atoms with E-state index in [0.29, 0.717) is 11.2 Å². The van der Waals surface area contributed by atoms with Crippen molar-refractivity contribution >= 4 is 32.7 Å². The number of rotatable bonds is 3. The maximum atomic E-state index is 12.3. The Morgan fingerprint density at radius 3 is 2.25 bits per heavy atom. The summed E-state index contributed by atoms with van der Waals surface area (Å²) < 4.78 is 16.6. The summed E-state index contributed by atoms with van der Waals surface area (Å²) in [5.74, 6) is 0.761. The summed E-state index contributed by atoms with van der Waals surface area (Å²) in [7, 11) is 1.63. The molecule has 0 aliphatic heterocycles. The fraction of sp³-hybridized carbons (Fsp3) is 0.0357. The van der Waals surface area contributed by atoms with Crippen LogP contribution in [0.2, 0.25) is 0 Å². The second-order valence-electron chi connectivity index (χ2n) is 7.76. The van der Waals surface area contributed by atoms with Crippen molar-refractivity contribution in [3.05, 3.63) is 102 Å². The third-order valence-corrected chi connectivity index (χ3v) is 5.90. The molecule has 0 amide bonds. The molecule has 0 N–H and O–H groups in total. The van der Waals surface area contributed by atoms with Gasteiger partial charge in [-0.05, 0) is 51.7 Å². The third-order valence-electron chi connectivity index (χ3n) is 5.90. The minimum Gasteiger partial charge on any atom is -0.497 e. The predicted molar refractivity (Wildman–Crippen MR) is 127 cm³/mol. The molecule has 0 unspecified atom stereocenters. The molecule has 0 aliphatic carbocycles. The maximum absolute atomic E-state index is 12.3. The van der Waals surface area contributed by atoms with E-state index in [-0.39, 0.29) is 0 Å².